The summed E-state index contributed by atoms with van der Waals surface area (Å²) in [6, 6.07) is 0. The predicted octanol–water partition coefficient (Wildman–Crippen LogP) is 1.76. The SMILES string of the molecule is CN(C)C=NC(=S)NCCCCNC(=O)OC(C)(C)C. The van der Waals surface area contributed by atoms with Crippen molar-refractivity contribution in [2.24, 2.45) is 4.99 Å². The third kappa shape index (κ3) is 13.1. The predicted molar refractivity (Wildman–Crippen MR) is 86.3 cm³/mol. The van der Waals surface area contributed by atoms with Gasteiger partial charge in [-0.05, 0) is 45.8 Å². The molecule has 0 aromatic carbocycles. The van der Waals surface area contributed by atoms with Crippen molar-refractivity contribution >= 4 is 29.8 Å². The minimum Gasteiger partial charge on any atom is -0.444 e. The van der Waals surface area contributed by atoms with Crippen LogP contribution >= 0.6 is 12.2 Å². The molecular formula is C13H26N4O2S. The molecule has 0 unspecified atom stereocenters. The van der Waals surface area contributed by atoms with Gasteiger partial charge in [0.25, 0.3) is 0 Å². The van der Waals surface area contributed by atoms with Crippen molar-refractivity contribution in [1.82, 2.24) is 15.5 Å². The Hall–Kier alpha value is -1.37. The zero-order valence-corrected chi connectivity index (χ0v) is 13.8. The summed E-state index contributed by atoms with van der Waals surface area (Å²) >= 11 is 5.03. The summed E-state index contributed by atoms with van der Waals surface area (Å²) in [4.78, 5) is 17.2. The second kappa shape index (κ2) is 9.52. The number of carbonyl (C=O) groups excluding carboxylic acids is 1. The lowest BCUT2D eigenvalue weighted by Crippen LogP contribution is -2.33. The highest BCUT2D eigenvalue weighted by Crippen LogP contribution is 2.06. The lowest BCUT2D eigenvalue weighted by Gasteiger charge is -2.19. The standard InChI is InChI=1S/C13H26N4O2S/c1-13(2,3)19-12(18)15-9-7-6-8-14-11(20)16-10-17(4)5/h10H,6-9H2,1-5H3,(H,14,20)(H,15,18). The van der Waals surface area contributed by atoms with Gasteiger partial charge in [0.05, 0.1) is 6.34 Å². The van der Waals surface area contributed by atoms with Crippen molar-refractivity contribution in [2.45, 2.75) is 39.2 Å². The third-order valence-corrected chi connectivity index (χ3v) is 2.20. The first-order valence-corrected chi connectivity index (χ1v) is 7.07. The van der Waals surface area contributed by atoms with Crippen molar-refractivity contribution in [3.05, 3.63) is 0 Å². The highest BCUT2D eigenvalue weighted by atomic mass is 32.1. The summed E-state index contributed by atoms with van der Waals surface area (Å²) in [5, 5.41) is 6.21. The number of hydrogen-bond acceptors (Lipinski definition) is 3. The quantitative estimate of drug-likeness (QED) is 0.339. The van der Waals surface area contributed by atoms with Crippen molar-refractivity contribution in [1.29, 1.82) is 0 Å². The zero-order valence-electron chi connectivity index (χ0n) is 13.0. The van der Waals surface area contributed by atoms with Gasteiger partial charge >= 0.3 is 6.09 Å². The maximum atomic E-state index is 11.4. The molecule has 0 saturated heterocycles. The molecule has 0 aliphatic rings. The molecule has 0 bridgehead atoms. The van der Waals surface area contributed by atoms with Crippen LogP contribution in [-0.4, -0.2) is 55.2 Å². The average Bonchev–Trinajstić information content (AvgIpc) is 2.28. The topological polar surface area (TPSA) is 66.0 Å². The van der Waals surface area contributed by atoms with E-state index in [-0.39, 0.29) is 6.09 Å². The van der Waals surface area contributed by atoms with Crippen LogP contribution in [0, 0.1) is 0 Å². The maximum absolute atomic E-state index is 11.4. The number of ether oxygens (including phenoxy) is 1. The van der Waals surface area contributed by atoms with Gasteiger partial charge in [-0.25, -0.2) is 9.79 Å². The molecule has 1 amide bonds. The maximum Gasteiger partial charge on any atom is 0.407 e. The Morgan fingerprint density at radius 2 is 1.80 bits per heavy atom. The summed E-state index contributed by atoms with van der Waals surface area (Å²) in [5.41, 5.74) is -0.456. The Labute approximate surface area is 127 Å². The lowest BCUT2D eigenvalue weighted by molar-refractivity contribution is 0.0527. The van der Waals surface area contributed by atoms with Gasteiger partial charge in [0.2, 0.25) is 0 Å². The molecule has 0 heterocycles. The van der Waals surface area contributed by atoms with Gasteiger partial charge < -0.3 is 20.3 Å². The summed E-state index contributed by atoms with van der Waals surface area (Å²) < 4.78 is 5.13. The van der Waals surface area contributed by atoms with Gasteiger partial charge in [-0.3, -0.25) is 0 Å². The van der Waals surface area contributed by atoms with E-state index in [2.05, 4.69) is 15.6 Å². The largest absolute Gasteiger partial charge is 0.444 e. The first-order chi connectivity index (χ1) is 9.20. The van der Waals surface area contributed by atoms with Crippen LogP contribution in [0.2, 0.25) is 0 Å². The number of alkyl carbamates (subject to hydrolysis) is 1. The van der Waals surface area contributed by atoms with E-state index in [0.29, 0.717) is 11.7 Å². The molecule has 0 rings (SSSR count). The average molecular weight is 302 g/mol. The fourth-order valence-electron chi connectivity index (χ4n) is 1.16. The molecule has 0 aromatic heterocycles. The van der Waals surface area contributed by atoms with Crippen molar-refractivity contribution in [3.8, 4) is 0 Å². The number of carbonyl (C=O) groups is 1. The summed E-state index contributed by atoms with van der Waals surface area (Å²) in [5.74, 6) is 0. The molecule has 116 valence electrons. The fourth-order valence-corrected chi connectivity index (χ4v) is 1.31. The monoisotopic (exact) mass is 302 g/mol. The van der Waals surface area contributed by atoms with E-state index in [0.717, 1.165) is 19.4 Å². The molecule has 0 atom stereocenters. The number of unbranched alkanes of at least 4 members (excludes halogenated alkanes) is 1. The highest BCUT2D eigenvalue weighted by Gasteiger charge is 2.15. The van der Waals surface area contributed by atoms with E-state index in [1.165, 1.54) is 0 Å². The molecule has 0 fully saturated rings. The Bertz CT molecular complexity index is 338. The number of amides is 1. The van der Waals surface area contributed by atoms with Crippen molar-refractivity contribution in [3.63, 3.8) is 0 Å². The van der Waals surface area contributed by atoms with E-state index in [9.17, 15) is 4.79 Å². The minimum absolute atomic E-state index is 0.378. The molecule has 0 aromatic rings. The van der Waals surface area contributed by atoms with Gasteiger partial charge in [-0.15, -0.1) is 0 Å². The molecule has 0 aliphatic heterocycles. The van der Waals surface area contributed by atoms with Crippen molar-refractivity contribution < 1.29 is 9.53 Å². The van der Waals surface area contributed by atoms with E-state index in [1.807, 2.05) is 39.8 Å². The van der Waals surface area contributed by atoms with Crippen LogP contribution in [0.4, 0.5) is 4.79 Å². The Morgan fingerprint density at radius 1 is 1.25 bits per heavy atom. The second-order valence-corrected chi connectivity index (χ2v) is 5.96. The molecular weight excluding hydrogens is 276 g/mol. The molecule has 7 heteroatoms. The number of aliphatic imine (C=N–C) groups is 1. The molecule has 0 aliphatic carbocycles. The molecule has 0 radical (unpaired) electrons. The first-order valence-electron chi connectivity index (χ1n) is 6.66. The van der Waals surface area contributed by atoms with Gasteiger partial charge in [-0.1, -0.05) is 0 Å². The van der Waals surface area contributed by atoms with Gasteiger partial charge in [-0.2, -0.15) is 0 Å². The van der Waals surface area contributed by atoms with Crippen LogP contribution in [0.15, 0.2) is 4.99 Å². The van der Waals surface area contributed by atoms with E-state index < -0.39 is 5.60 Å². The number of nitrogens with zero attached hydrogens (tertiary/aromatic N) is 2. The first kappa shape index (κ1) is 18.6. The Morgan fingerprint density at radius 3 is 2.30 bits per heavy atom. The van der Waals surface area contributed by atoms with Crippen LogP contribution in [-0.2, 0) is 4.74 Å². The van der Waals surface area contributed by atoms with Crippen LogP contribution in [0.3, 0.4) is 0 Å². The van der Waals surface area contributed by atoms with Gasteiger partial charge in [0, 0.05) is 27.2 Å². The third-order valence-electron chi connectivity index (χ3n) is 1.95. The van der Waals surface area contributed by atoms with Crippen LogP contribution in [0.25, 0.3) is 0 Å². The Kier molecular flexibility index (Phi) is 8.87. The molecule has 6 nitrogen and oxygen atoms in total. The fraction of sp³-hybridized carbons (Fsp3) is 0.769. The van der Waals surface area contributed by atoms with Crippen LogP contribution in [0.1, 0.15) is 33.6 Å². The van der Waals surface area contributed by atoms with Crippen molar-refractivity contribution in [2.75, 3.05) is 27.2 Å². The summed E-state index contributed by atoms with van der Waals surface area (Å²) in [7, 11) is 3.77. The Balaban J connectivity index is 3.54. The normalized spacial score (nSPS) is 11.2. The number of hydrogen-bond donors (Lipinski definition) is 2. The summed E-state index contributed by atoms with van der Waals surface area (Å²) in [6.45, 7) is 6.84. The van der Waals surface area contributed by atoms with E-state index >= 15 is 0 Å². The molecule has 0 saturated carbocycles. The number of thiocarbonyl (C=S) groups is 1. The number of rotatable bonds is 6. The molecule has 0 spiro atoms. The van der Waals surface area contributed by atoms with Gasteiger partial charge in [0.1, 0.15) is 5.60 Å². The van der Waals surface area contributed by atoms with Crippen LogP contribution in [0.5, 0.6) is 0 Å². The lowest BCUT2D eigenvalue weighted by atomic mass is 10.2. The van der Waals surface area contributed by atoms with E-state index in [4.69, 9.17) is 17.0 Å². The van der Waals surface area contributed by atoms with Gasteiger partial charge in [0.15, 0.2) is 5.11 Å². The minimum atomic E-state index is -0.456. The van der Waals surface area contributed by atoms with Crippen LogP contribution < -0.4 is 10.6 Å². The smallest absolute Gasteiger partial charge is 0.407 e. The number of nitrogens with one attached hydrogen (secondary N) is 2. The van der Waals surface area contributed by atoms with E-state index in [1.54, 1.807) is 6.34 Å². The molecule has 2 N–H and O–H groups in total. The second-order valence-electron chi connectivity index (χ2n) is 5.58. The molecule has 20 heavy (non-hydrogen) atoms. The zero-order chi connectivity index (χ0) is 15.6. The highest BCUT2D eigenvalue weighted by molar-refractivity contribution is 7.80. The summed E-state index contributed by atoms with van der Waals surface area (Å²) in [6.07, 6.45) is 3.02.